The first-order valence-corrected chi connectivity index (χ1v) is 8.71. The van der Waals surface area contributed by atoms with Gasteiger partial charge in [-0.15, -0.1) is 0 Å². The van der Waals surface area contributed by atoms with Crippen molar-refractivity contribution in [3.8, 4) is 23.1 Å². The van der Waals surface area contributed by atoms with Crippen molar-refractivity contribution in [2.75, 3.05) is 13.6 Å². The minimum absolute atomic E-state index is 0.184. The summed E-state index contributed by atoms with van der Waals surface area (Å²) in [6.45, 7) is 0.426. The standard InChI is InChI=1S/C21H20N4O3/c1-25(13-26)10-8-17(27)6-5-14-3-2-4-15(11-14)18-12-16-7-9-23-19(16)20(24-18)21(22)28/h2-4,7,9,11-13,17,23,27H,8,10H2,1H3,(H2,22,28). The molecule has 0 spiro atoms. The van der Waals surface area contributed by atoms with E-state index in [0.717, 1.165) is 10.9 Å². The number of primary amides is 1. The molecule has 1 unspecified atom stereocenters. The third-order valence-corrected chi connectivity index (χ3v) is 4.25. The molecule has 0 aliphatic carbocycles. The number of aromatic nitrogens is 2. The lowest BCUT2D eigenvalue weighted by molar-refractivity contribution is -0.117. The van der Waals surface area contributed by atoms with Gasteiger partial charge in [0.1, 0.15) is 6.10 Å². The van der Waals surface area contributed by atoms with Gasteiger partial charge >= 0.3 is 0 Å². The lowest BCUT2D eigenvalue weighted by atomic mass is 10.1. The van der Waals surface area contributed by atoms with Crippen molar-refractivity contribution in [3.63, 3.8) is 0 Å². The highest BCUT2D eigenvalue weighted by Crippen LogP contribution is 2.24. The number of carbonyl (C=O) groups excluding carboxylic acids is 2. The number of rotatable bonds is 6. The lowest BCUT2D eigenvalue weighted by Gasteiger charge is -2.10. The van der Waals surface area contributed by atoms with E-state index < -0.39 is 12.0 Å². The zero-order valence-corrected chi connectivity index (χ0v) is 15.3. The van der Waals surface area contributed by atoms with Crippen LogP contribution in [0.1, 0.15) is 22.5 Å². The number of nitrogens with two attached hydrogens (primary N) is 1. The van der Waals surface area contributed by atoms with Crippen LogP contribution in [-0.4, -0.2) is 52.0 Å². The summed E-state index contributed by atoms with van der Waals surface area (Å²) >= 11 is 0. The molecule has 0 radical (unpaired) electrons. The van der Waals surface area contributed by atoms with Gasteiger partial charge in [-0.3, -0.25) is 9.59 Å². The van der Waals surface area contributed by atoms with Crippen LogP contribution in [0.5, 0.6) is 0 Å². The van der Waals surface area contributed by atoms with E-state index >= 15 is 0 Å². The van der Waals surface area contributed by atoms with Gasteiger partial charge in [0.05, 0.1) is 11.2 Å². The van der Waals surface area contributed by atoms with E-state index in [1.54, 1.807) is 13.2 Å². The number of nitrogens with zero attached hydrogens (tertiary/aromatic N) is 2. The average Bonchev–Trinajstić information content (AvgIpc) is 3.18. The summed E-state index contributed by atoms with van der Waals surface area (Å²) in [5.41, 5.74) is 8.35. The van der Waals surface area contributed by atoms with Crippen LogP contribution in [0.3, 0.4) is 0 Å². The fourth-order valence-corrected chi connectivity index (χ4v) is 2.76. The van der Waals surface area contributed by atoms with Gasteiger partial charge in [0.2, 0.25) is 6.41 Å². The largest absolute Gasteiger partial charge is 0.380 e. The average molecular weight is 376 g/mol. The highest BCUT2D eigenvalue weighted by atomic mass is 16.3. The number of benzene rings is 1. The first-order valence-electron chi connectivity index (χ1n) is 8.71. The number of hydrogen-bond donors (Lipinski definition) is 3. The number of carbonyl (C=O) groups is 2. The number of H-pyrrole nitrogens is 1. The van der Waals surface area contributed by atoms with Crippen LogP contribution in [0, 0.1) is 11.8 Å². The van der Waals surface area contributed by atoms with Crippen molar-refractivity contribution in [1.29, 1.82) is 0 Å². The Morgan fingerprint density at radius 2 is 2.21 bits per heavy atom. The highest BCUT2D eigenvalue weighted by molar-refractivity contribution is 6.04. The second-order valence-electron chi connectivity index (χ2n) is 6.40. The zero-order valence-electron chi connectivity index (χ0n) is 15.3. The number of amides is 2. The Morgan fingerprint density at radius 1 is 1.39 bits per heavy atom. The lowest BCUT2D eigenvalue weighted by Crippen LogP contribution is -2.21. The number of aromatic amines is 1. The molecule has 28 heavy (non-hydrogen) atoms. The molecular weight excluding hydrogens is 356 g/mol. The molecule has 1 atom stereocenters. The Hall–Kier alpha value is -3.63. The van der Waals surface area contributed by atoms with E-state index in [4.69, 9.17) is 5.73 Å². The number of pyridine rings is 1. The molecule has 0 fully saturated rings. The first-order chi connectivity index (χ1) is 13.5. The number of aliphatic hydroxyl groups is 1. The smallest absolute Gasteiger partial charge is 0.269 e. The summed E-state index contributed by atoms with van der Waals surface area (Å²) < 4.78 is 0. The van der Waals surface area contributed by atoms with Gasteiger partial charge in [0.25, 0.3) is 5.91 Å². The van der Waals surface area contributed by atoms with E-state index in [1.165, 1.54) is 4.90 Å². The minimum atomic E-state index is -0.832. The maximum atomic E-state index is 11.7. The van der Waals surface area contributed by atoms with Gasteiger partial charge in [0.15, 0.2) is 5.69 Å². The van der Waals surface area contributed by atoms with E-state index in [1.807, 2.05) is 36.4 Å². The second-order valence-corrected chi connectivity index (χ2v) is 6.40. The molecule has 2 aromatic heterocycles. The predicted octanol–water partition coefficient (Wildman–Crippen LogP) is 1.52. The summed E-state index contributed by atoms with van der Waals surface area (Å²) in [6, 6.07) is 11.1. The van der Waals surface area contributed by atoms with Crippen LogP contribution >= 0.6 is 0 Å². The van der Waals surface area contributed by atoms with E-state index in [9.17, 15) is 14.7 Å². The maximum absolute atomic E-state index is 11.7. The fourth-order valence-electron chi connectivity index (χ4n) is 2.76. The normalized spacial score (nSPS) is 11.5. The van der Waals surface area contributed by atoms with Crippen LogP contribution in [0.2, 0.25) is 0 Å². The summed E-state index contributed by atoms with van der Waals surface area (Å²) in [4.78, 5) is 31.1. The molecule has 142 valence electrons. The SMILES string of the molecule is CN(C=O)CCC(O)C#Cc1cccc(-c2cc3cc[nH]c3c(C(N)=O)n2)c1. The molecule has 7 nitrogen and oxygen atoms in total. The van der Waals surface area contributed by atoms with Gasteiger partial charge < -0.3 is 20.7 Å². The number of hydrogen-bond acceptors (Lipinski definition) is 4. The maximum Gasteiger partial charge on any atom is 0.269 e. The van der Waals surface area contributed by atoms with Gasteiger partial charge in [-0.2, -0.15) is 0 Å². The molecule has 0 aliphatic rings. The summed E-state index contributed by atoms with van der Waals surface area (Å²) in [5.74, 6) is 5.11. The highest BCUT2D eigenvalue weighted by Gasteiger charge is 2.13. The predicted molar refractivity (Wildman–Crippen MR) is 106 cm³/mol. The van der Waals surface area contributed by atoms with Gasteiger partial charge in [0, 0.05) is 42.7 Å². The molecular formula is C21H20N4O3. The molecule has 0 aliphatic heterocycles. The number of aliphatic hydroxyl groups excluding tert-OH is 1. The molecule has 4 N–H and O–H groups in total. The quantitative estimate of drug-likeness (QED) is 0.447. The third kappa shape index (κ3) is 4.37. The number of nitrogens with one attached hydrogen (secondary N) is 1. The third-order valence-electron chi connectivity index (χ3n) is 4.25. The molecule has 1 aromatic carbocycles. The van der Waals surface area contributed by atoms with Crippen molar-refractivity contribution in [3.05, 3.63) is 53.9 Å². The van der Waals surface area contributed by atoms with Crippen LogP contribution in [0.25, 0.3) is 22.2 Å². The van der Waals surface area contributed by atoms with Crippen LogP contribution in [-0.2, 0) is 4.79 Å². The summed E-state index contributed by atoms with van der Waals surface area (Å²) in [7, 11) is 1.64. The molecule has 0 saturated carbocycles. The van der Waals surface area contributed by atoms with Gasteiger partial charge in [-0.1, -0.05) is 24.0 Å². The van der Waals surface area contributed by atoms with Crippen molar-refractivity contribution >= 4 is 23.2 Å². The van der Waals surface area contributed by atoms with Crippen LogP contribution < -0.4 is 5.73 Å². The molecule has 2 heterocycles. The van der Waals surface area contributed by atoms with Gasteiger partial charge in [-0.25, -0.2) is 4.98 Å². The fraction of sp³-hybridized carbons (Fsp3) is 0.190. The molecule has 0 bridgehead atoms. The Balaban J connectivity index is 1.86. The Morgan fingerprint density at radius 3 is 2.96 bits per heavy atom. The Labute approximate surface area is 162 Å². The van der Waals surface area contributed by atoms with Crippen molar-refractivity contribution < 1.29 is 14.7 Å². The molecule has 7 heteroatoms. The van der Waals surface area contributed by atoms with Gasteiger partial charge in [-0.05, 0) is 24.3 Å². The monoisotopic (exact) mass is 376 g/mol. The number of fused-ring (bicyclic) bond motifs is 1. The Bertz CT molecular complexity index is 1080. The molecule has 3 rings (SSSR count). The second kappa shape index (κ2) is 8.37. The van der Waals surface area contributed by atoms with E-state index in [0.29, 0.717) is 36.1 Å². The van der Waals surface area contributed by atoms with Crippen molar-refractivity contribution in [2.24, 2.45) is 5.73 Å². The molecule has 2 amide bonds. The van der Waals surface area contributed by atoms with Crippen LogP contribution in [0.4, 0.5) is 0 Å². The minimum Gasteiger partial charge on any atom is -0.380 e. The topological polar surface area (TPSA) is 112 Å². The van der Waals surface area contributed by atoms with E-state index in [-0.39, 0.29) is 5.69 Å². The van der Waals surface area contributed by atoms with E-state index in [2.05, 4.69) is 21.8 Å². The van der Waals surface area contributed by atoms with Crippen molar-refractivity contribution in [2.45, 2.75) is 12.5 Å². The van der Waals surface area contributed by atoms with Crippen molar-refractivity contribution in [1.82, 2.24) is 14.9 Å². The zero-order chi connectivity index (χ0) is 20.1. The first kappa shape index (κ1) is 19.1. The Kier molecular flexibility index (Phi) is 5.72. The van der Waals surface area contributed by atoms with Crippen LogP contribution in [0.15, 0.2) is 42.6 Å². The molecule has 0 saturated heterocycles. The molecule has 3 aromatic rings. The summed E-state index contributed by atoms with van der Waals surface area (Å²) in [6.07, 6.45) is 1.98. The summed E-state index contributed by atoms with van der Waals surface area (Å²) in [5, 5.41) is 10.8.